The predicted octanol–water partition coefficient (Wildman–Crippen LogP) is 4.10. The largest absolute Gasteiger partial charge is 0.493 e. The maximum atomic E-state index is 12.3. The molecule has 0 aromatic heterocycles. The van der Waals surface area contributed by atoms with Gasteiger partial charge in [-0.15, -0.1) is 11.8 Å². The highest BCUT2D eigenvalue weighted by molar-refractivity contribution is 7.98. The Balaban J connectivity index is 2.55. The topological polar surface area (TPSA) is 44.8 Å². The third kappa shape index (κ3) is 2.55. The van der Waals surface area contributed by atoms with Crippen molar-refractivity contribution in [2.24, 2.45) is 0 Å². The van der Waals surface area contributed by atoms with Gasteiger partial charge in [0.15, 0.2) is 16.9 Å². The smallest absolute Gasteiger partial charge is 0.203 e. The summed E-state index contributed by atoms with van der Waals surface area (Å²) in [5, 5.41) is 3.65. The van der Waals surface area contributed by atoms with Crippen molar-refractivity contribution in [2.75, 3.05) is 27.6 Å². The molecule has 0 heterocycles. The molecule has 0 fully saturated rings. The Bertz CT molecular complexity index is 982. The molecule has 24 heavy (non-hydrogen) atoms. The van der Waals surface area contributed by atoms with Crippen LogP contribution in [-0.4, -0.2) is 27.6 Å². The number of rotatable bonds is 4. The van der Waals surface area contributed by atoms with Crippen LogP contribution in [-0.2, 0) is 0 Å². The van der Waals surface area contributed by atoms with Gasteiger partial charge in [0.05, 0.1) is 26.2 Å². The Morgan fingerprint density at radius 2 is 1.54 bits per heavy atom. The van der Waals surface area contributed by atoms with Crippen LogP contribution in [0.4, 0.5) is 0 Å². The molecule has 124 valence electrons. The second kappa shape index (κ2) is 6.61. The van der Waals surface area contributed by atoms with Crippen LogP contribution in [0.3, 0.4) is 0 Å². The molecule has 0 bridgehead atoms. The first kappa shape index (κ1) is 16.5. The minimum Gasteiger partial charge on any atom is -0.493 e. The fraction of sp³-hybridized carbons (Fsp3) is 0.211. The lowest BCUT2D eigenvalue weighted by molar-refractivity contribution is 0.327. The maximum absolute atomic E-state index is 12.3. The van der Waals surface area contributed by atoms with E-state index >= 15 is 0 Å². The minimum atomic E-state index is 0.0105. The third-order valence-electron chi connectivity index (χ3n) is 4.03. The van der Waals surface area contributed by atoms with Crippen LogP contribution >= 0.6 is 11.8 Å². The highest BCUT2D eigenvalue weighted by Crippen LogP contribution is 2.45. The Morgan fingerprint density at radius 1 is 0.833 bits per heavy atom. The normalized spacial score (nSPS) is 10.8. The van der Waals surface area contributed by atoms with Gasteiger partial charge in [-0.2, -0.15) is 0 Å². The van der Waals surface area contributed by atoms with Crippen molar-refractivity contribution in [3.8, 4) is 17.2 Å². The van der Waals surface area contributed by atoms with E-state index in [1.54, 1.807) is 27.4 Å². The molecule has 0 atom stereocenters. The van der Waals surface area contributed by atoms with Crippen LogP contribution in [0.25, 0.3) is 21.5 Å². The Morgan fingerprint density at radius 3 is 2.17 bits per heavy atom. The van der Waals surface area contributed by atoms with Crippen molar-refractivity contribution in [3.05, 3.63) is 46.6 Å². The van der Waals surface area contributed by atoms with E-state index in [0.717, 1.165) is 21.5 Å². The van der Waals surface area contributed by atoms with E-state index in [1.807, 2.05) is 36.6 Å². The average Bonchev–Trinajstić information content (AvgIpc) is 2.77. The highest BCUT2D eigenvalue weighted by atomic mass is 32.2. The van der Waals surface area contributed by atoms with Crippen molar-refractivity contribution in [1.82, 2.24) is 0 Å². The van der Waals surface area contributed by atoms with Gasteiger partial charge in [0.2, 0.25) is 5.75 Å². The number of hydrogen-bond donors (Lipinski definition) is 0. The first-order valence-electron chi connectivity index (χ1n) is 7.38. The van der Waals surface area contributed by atoms with Crippen molar-refractivity contribution in [1.29, 1.82) is 0 Å². The maximum Gasteiger partial charge on any atom is 0.203 e. The van der Waals surface area contributed by atoms with Gasteiger partial charge in [-0.3, -0.25) is 4.79 Å². The number of ether oxygens (including phenoxy) is 3. The van der Waals surface area contributed by atoms with E-state index in [1.165, 1.54) is 11.8 Å². The Hall–Kier alpha value is -2.40. The molecular weight excluding hydrogens is 324 g/mol. The first-order valence-corrected chi connectivity index (χ1v) is 8.60. The standard InChI is InChI=1S/C19H18O4S/c1-21-15-10-12-6-5-11-9-14(20)16(24-4)8-7-13(11)17(12)19(23-3)18(15)22-2/h5-10H,1-4H3. The molecule has 0 radical (unpaired) electrons. The summed E-state index contributed by atoms with van der Waals surface area (Å²) >= 11 is 1.44. The lowest BCUT2D eigenvalue weighted by Gasteiger charge is -2.15. The molecule has 0 spiro atoms. The van der Waals surface area contributed by atoms with Gasteiger partial charge in [-0.1, -0.05) is 18.2 Å². The number of thioether (sulfide) groups is 1. The van der Waals surface area contributed by atoms with Crippen molar-refractivity contribution >= 4 is 33.3 Å². The zero-order valence-corrected chi connectivity index (χ0v) is 14.8. The number of methoxy groups -OCH3 is 3. The van der Waals surface area contributed by atoms with Crippen LogP contribution in [0.2, 0.25) is 0 Å². The number of benzene rings is 2. The van der Waals surface area contributed by atoms with Gasteiger partial charge >= 0.3 is 0 Å². The quantitative estimate of drug-likeness (QED) is 0.668. The van der Waals surface area contributed by atoms with E-state index in [9.17, 15) is 4.79 Å². The van der Waals surface area contributed by atoms with Gasteiger partial charge in [-0.05, 0) is 40.6 Å². The summed E-state index contributed by atoms with van der Waals surface area (Å²) < 4.78 is 16.5. The summed E-state index contributed by atoms with van der Waals surface area (Å²) in [5.74, 6) is 1.75. The van der Waals surface area contributed by atoms with E-state index in [-0.39, 0.29) is 5.43 Å². The molecule has 4 nitrogen and oxygen atoms in total. The molecule has 3 rings (SSSR count). The van der Waals surface area contributed by atoms with Gasteiger partial charge in [0.25, 0.3) is 0 Å². The van der Waals surface area contributed by atoms with E-state index in [4.69, 9.17) is 14.2 Å². The Labute approximate surface area is 144 Å². The minimum absolute atomic E-state index is 0.0105. The van der Waals surface area contributed by atoms with Crippen molar-refractivity contribution in [3.63, 3.8) is 0 Å². The molecule has 0 aliphatic carbocycles. The molecule has 0 aliphatic heterocycles. The second-order valence-electron chi connectivity index (χ2n) is 5.22. The molecule has 0 aliphatic rings. The zero-order chi connectivity index (χ0) is 17.3. The van der Waals surface area contributed by atoms with Gasteiger partial charge < -0.3 is 14.2 Å². The summed E-state index contributed by atoms with van der Waals surface area (Å²) in [6.07, 6.45) is 1.90. The average molecular weight is 342 g/mol. The summed E-state index contributed by atoms with van der Waals surface area (Å²) in [4.78, 5) is 13.0. The fourth-order valence-electron chi connectivity index (χ4n) is 2.93. The second-order valence-corrected chi connectivity index (χ2v) is 6.07. The lowest BCUT2D eigenvalue weighted by Crippen LogP contribution is -1.97. The third-order valence-corrected chi connectivity index (χ3v) is 4.81. The van der Waals surface area contributed by atoms with Crippen LogP contribution in [0.5, 0.6) is 17.2 Å². The van der Waals surface area contributed by atoms with Crippen molar-refractivity contribution in [2.45, 2.75) is 4.90 Å². The van der Waals surface area contributed by atoms with E-state index in [0.29, 0.717) is 22.1 Å². The summed E-state index contributed by atoms with van der Waals surface area (Å²) in [6.45, 7) is 0. The number of hydrogen-bond acceptors (Lipinski definition) is 5. The van der Waals surface area contributed by atoms with E-state index < -0.39 is 0 Å². The Kier molecular flexibility index (Phi) is 4.53. The van der Waals surface area contributed by atoms with Crippen LogP contribution < -0.4 is 19.6 Å². The molecule has 0 N–H and O–H groups in total. The van der Waals surface area contributed by atoms with Gasteiger partial charge in [0.1, 0.15) is 0 Å². The summed E-state index contributed by atoms with van der Waals surface area (Å²) in [5.41, 5.74) is 0.0105. The van der Waals surface area contributed by atoms with Crippen molar-refractivity contribution < 1.29 is 14.2 Å². The van der Waals surface area contributed by atoms with Crippen LogP contribution in [0.1, 0.15) is 0 Å². The number of fused-ring (bicyclic) bond motifs is 3. The lowest BCUT2D eigenvalue weighted by atomic mass is 10.0. The molecule has 3 aromatic carbocycles. The molecule has 3 aromatic rings. The molecule has 0 saturated heterocycles. The van der Waals surface area contributed by atoms with Gasteiger partial charge in [-0.25, -0.2) is 0 Å². The fourth-order valence-corrected chi connectivity index (χ4v) is 3.39. The molecular formula is C19H18O4S. The zero-order valence-electron chi connectivity index (χ0n) is 14.0. The van der Waals surface area contributed by atoms with E-state index in [2.05, 4.69) is 0 Å². The predicted molar refractivity (Wildman–Crippen MR) is 99.2 cm³/mol. The highest BCUT2D eigenvalue weighted by Gasteiger charge is 2.17. The molecule has 5 heteroatoms. The van der Waals surface area contributed by atoms with Crippen LogP contribution in [0, 0.1) is 0 Å². The molecule has 0 unspecified atom stereocenters. The first-order chi connectivity index (χ1) is 11.6. The molecule has 0 saturated carbocycles. The SMILES string of the molecule is COc1cc2ccc3cc(=O)c(SC)ccc3c2c(OC)c1OC. The molecule has 0 amide bonds. The van der Waals surface area contributed by atoms with Gasteiger partial charge in [0, 0.05) is 5.39 Å². The summed E-state index contributed by atoms with van der Waals surface area (Å²) in [6, 6.07) is 11.3. The monoisotopic (exact) mass is 342 g/mol. The van der Waals surface area contributed by atoms with Crippen LogP contribution in [0.15, 0.2) is 46.1 Å². The summed E-state index contributed by atoms with van der Waals surface area (Å²) in [7, 11) is 4.78.